The lowest BCUT2D eigenvalue weighted by Gasteiger charge is -2.36. The Bertz CT molecular complexity index is 1510. The third-order valence-electron chi connectivity index (χ3n) is 8.27. The van der Waals surface area contributed by atoms with E-state index in [2.05, 4.69) is 44.6 Å². The molecule has 3 aromatic heterocycles. The Labute approximate surface area is 221 Å². The number of rotatable bonds is 5. The van der Waals surface area contributed by atoms with Gasteiger partial charge in [-0.05, 0) is 74.6 Å². The maximum absolute atomic E-state index is 12.6. The van der Waals surface area contributed by atoms with Crippen LogP contribution < -0.4 is 4.90 Å². The molecule has 1 amide bonds. The van der Waals surface area contributed by atoms with Crippen LogP contribution in [0, 0.1) is 0 Å². The Morgan fingerprint density at radius 2 is 2.00 bits per heavy atom. The van der Waals surface area contributed by atoms with Gasteiger partial charge in [-0.3, -0.25) is 9.48 Å². The normalized spacial score (nSPS) is 21.6. The second-order valence-electron chi connectivity index (χ2n) is 11.0. The second kappa shape index (κ2) is 9.31. The molecule has 1 unspecified atom stereocenters. The van der Waals surface area contributed by atoms with Crippen molar-refractivity contribution in [1.82, 2.24) is 29.3 Å². The summed E-state index contributed by atoms with van der Waals surface area (Å²) in [5, 5.41) is 4.65. The molecule has 7 rings (SSSR count). The van der Waals surface area contributed by atoms with Crippen LogP contribution in [0.15, 0.2) is 37.1 Å². The molecule has 1 aliphatic carbocycles. The van der Waals surface area contributed by atoms with Crippen molar-refractivity contribution in [2.45, 2.75) is 83.5 Å². The summed E-state index contributed by atoms with van der Waals surface area (Å²) in [5.41, 5.74) is 7.21. The van der Waals surface area contributed by atoms with Gasteiger partial charge >= 0.3 is 0 Å². The third kappa shape index (κ3) is 4.09. The Morgan fingerprint density at radius 1 is 1.11 bits per heavy atom. The van der Waals surface area contributed by atoms with Gasteiger partial charge in [0.25, 0.3) is 0 Å². The summed E-state index contributed by atoms with van der Waals surface area (Å²) in [6.07, 6.45) is 15.9. The number of imidazole rings is 1. The Morgan fingerprint density at radius 3 is 2.79 bits per heavy atom. The number of hydrogen-bond donors (Lipinski definition) is 0. The van der Waals surface area contributed by atoms with Gasteiger partial charge in [0.15, 0.2) is 5.65 Å². The predicted octanol–water partition coefficient (Wildman–Crippen LogP) is 5.00. The summed E-state index contributed by atoms with van der Waals surface area (Å²) < 4.78 is 10.1. The molecule has 196 valence electrons. The van der Waals surface area contributed by atoms with Crippen LogP contribution in [0.3, 0.4) is 0 Å². The van der Waals surface area contributed by atoms with Crippen LogP contribution in [0.1, 0.15) is 81.6 Å². The topological polar surface area (TPSA) is 91.0 Å². The number of nitrogens with zero attached hydrogens (tertiary/aromatic N) is 7. The fraction of sp³-hybridized carbons (Fsp3) is 0.483. The SMILES string of the molecule is CC(=O)N1c2ccc(-c3cnn(C4CC4)c3)c(Cc3ncc4c(ncn4C4CCCCO4)n3)c2CC[C@@H]1C. The predicted molar refractivity (Wildman–Crippen MR) is 144 cm³/mol. The lowest BCUT2D eigenvalue weighted by Crippen LogP contribution is -2.41. The van der Waals surface area contributed by atoms with Crippen molar-refractivity contribution in [1.29, 1.82) is 0 Å². The maximum Gasteiger partial charge on any atom is 0.224 e. The molecule has 9 heteroatoms. The Kier molecular flexibility index (Phi) is 5.76. The van der Waals surface area contributed by atoms with Gasteiger partial charge in [0.2, 0.25) is 5.91 Å². The van der Waals surface area contributed by atoms with E-state index in [-0.39, 0.29) is 18.2 Å². The summed E-state index contributed by atoms with van der Waals surface area (Å²) in [4.78, 5) is 28.9. The Hall–Kier alpha value is -3.59. The second-order valence-corrected chi connectivity index (χ2v) is 11.0. The number of benzene rings is 1. The molecule has 0 N–H and O–H groups in total. The van der Waals surface area contributed by atoms with E-state index in [9.17, 15) is 4.79 Å². The molecule has 3 aliphatic rings. The van der Waals surface area contributed by atoms with Crippen LogP contribution in [-0.4, -0.2) is 47.9 Å². The molecular formula is C29H33N7O2. The quantitative estimate of drug-likeness (QED) is 0.374. The van der Waals surface area contributed by atoms with Gasteiger partial charge in [-0.25, -0.2) is 15.0 Å². The van der Waals surface area contributed by atoms with E-state index in [4.69, 9.17) is 14.7 Å². The number of fused-ring (bicyclic) bond motifs is 2. The van der Waals surface area contributed by atoms with Crippen molar-refractivity contribution in [3.05, 3.63) is 54.0 Å². The highest BCUT2D eigenvalue weighted by molar-refractivity contribution is 5.94. The Balaban J connectivity index is 1.30. The largest absolute Gasteiger partial charge is 0.358 e. The van der Waals surface area contributed by atoms with Crippen LogP contribution in [0.4, 0.5) is 5.69 Å². The molecule has 1 saturated carbocycles. The van der Waals surface area contributed by atoms with Gasteiger partial charge in [-0.1, -0.05) is 6.07 Å². The third-order valence-corrected chi connectivity index (χ3v) is 8.27. The van der Waals surface area contributed by atoms with E-state index in [1.165, 1.54) is 24.0 Å². The van der Waals surface area contributed by atoms with E-state index in [0.29, 0.717) is 18.1 Å². The molecule has 1 aromatic carbocycles. The number of ether oxygens (including phenoxy) is 1. The molecule has 1 saturated heterocycles. The van der Waals surface area contributed by atoms with Crippen LogP contribution >= 0.6 is 0 Å². The zero-order valence-electron chi connectivity index (χ0n) is 22.0. The number of hydrogen-bond acceptors (Lipinski definition) is 6. The van der Waals surface area contributed by atoms with E-state index in [1.807, 2.05) is 23.6 Å². The fourth-order valence-electron chi connectivity index (χ4n) is 6.15. The van der Waals surface area contributed by atoms with Crippen molar-refractivity contribution < 1.29 is 9.53 Å². The van der Waals surface area contributed by atoms with Gasteiger partial charge in [-0.2, -0.15) is 5.10 Å². The molecular weight excluding hydrogens is 478 g/mol. The van der Waals surface area contributed by atoms with Crippen LogP contribution in [0.25, 0.3) is 22.3 Å². The van der Waals surface area contributed by atoms with Crippen molar-refractivity contribution >= 4 is 22.8 Å². The van der Waals surface area contributed by atoms with E-state index in [1.54, 1.807) is 6.92 Å². The average Bonchev–Trinajstić information content (AvgIpc) is 3.50. The molecule has 38 heavy (non-hydrogen) atoms. The number of aromatic nitrogens is 6. The molecule has 2 fully saturated rings. The molecule has 0 radical (unpaired) electrons. The zero-order valence-corrected chi connectivity index (χ0v) is 22.0. The van der Waals surface area contributed by atoms with Gasteiger partial charge < -0.3 is 14.2 Å². The highest BCUT2D eigenvalue weighted by Gasteiger charge is 2.30. The van der Waals surface area contributed by atoms with E-state index >= 15 is 0 Å². The molecule has 5 heterocycles. The first-order chi connectivity index (χ1) is 18.6. The smallest absolute Gasteiger partial charge is 0.224 e. The fourth-order valence-corrected chi connectivity index (χ4v) is 6.15. The first-order valence-electron chi connectivity index (χ1n) is 13.9. The lowest BCUT2D eigenvalue weighted by molar-refractivity contribution is -0.117. The van der Waals surface area contributed by atoms with E-state index in [0.717, 1.165) is 66.9 Å². The van der Waals surface area contributed by atoms with Crippen LogP contribution in [-0.2, 0) is 22.4 Å². The molecule has 0 bridgehead atoms. The minimum absolute atomic E-state index is 0.00139. The van der Waals surface area contributed by atoms with Gasteiger partial charge in [0.05, 0.1) is 24.8 Å². The molecule has 0 spiro atoms. The number of carbonyl (C=O) groups excluding carboxylic acids is 1. The monoisotopic (exact) mass is 511 g/mol. The standard InChI is InChI=1S/C29H33N7O2/c1-18-6-9-23-24(13-27-30-15-26-29(33-27)31-17-34(26)28-5-3-4-12-38-28)22(10-11-25(23)36(18)19(2)37)20-14-32-35(16-20)21-7-8-21/h10-11,14-18,21,28H,3-9,12-13H2,1-2H3/t18-,28?/m0/s1. The highest BCUT2D eigenvalue weighted by atomic mass is 16.5. The first-order valence-corrected chi connectivity index (χ1v) is 13.9. The lowest BCUT2D eigenvalue weighted by atomic mass is 9.86. The summed E-state index contributed by atoms with van der Waals surface area (Å²) in [6.45, 7) is 4.56. The average molecular weight is 512 g/mol. The molecule has 2 atom stereocenters. The van der Waals surface area contributed by atoms with Gasteiger partial charge in [0, 0.05) is 43.4 Å². The summed E-state index contributed by atoms with van der Waals surface area (Å²) >= 11 is 0. The maximum atomic E-state index is 12.6. The van der Waals surface area contributed by atoms with Gasteiger partial charge in [-0.15, -0.1) is 0 Å². The summed E-state index contributed by atoms with van der Waals surface area (Å²) in [7, 11) is 0. The summed E-state index contributed by atoms with van der Waals surface area (Å²) in [5.74, 6) is 0.802. The molecule has 4 aromatic rings. The van der Waals surface area contributed by atoms with E-state index < -0.39 is 0 Å². The van der Waals surface area contributed by atoms with Crippen LogP contribution in [0.5, 0.6) is 0 Å². The summed E-state index contributed by atoms with van der Waals surface area (Å²) in [6, 6.07) is 4.95. The van der Waals surface area contributed by atoms with Crippen molar-refractivity contribution in [2.24, 2.45) is 0 Å². The van der Waals surface area contributed by atoms with Gasteiger partial charge in [0.1, 0.15) is 17.6 Å². The number of anilines is 1. The van der Waals surface area contributed by atoms with Crippen molar-refractivity contribution in [2.75, 3.05) is 11.5 Å². The minimum Gasteiger partial charge on any atom is -0.358 e. The van der Waals surface area contributed by atoms with Crippen LogP contribution in [0.2, 0.25) is 0 Å². The number of carbonyl (C=O) groups is 1. The molecule has 9 nitrogen and oxygen atoms in total. The first kappa shape index (κ1) is 23.5. The minimum atomic E-state index is -0.00139. The number of amides is 1. The highest BCUT2D eigenvalue weighted by Crippen LogP contribution is 2.40. The zero-order chi connectivity index (χ0) is 25.8. The molecule has 2 aliphatic heterocycles. The van der Waals surface area contributed by atoms with Crippen molar-refractivity contribution in [3.63, 3.8) is 0 Å². The van der Waals surface area contributed by atoms with Crippen molar-refractivity contribution in [3.8, 4) is 11.1 Å².